The van der Waals surface area contributed by atoms with Crippen LogP contribution in [0.1, 0.15) is 33.6 Å². The van der Waals surface area contributed by atoms with Gasteiger partial charge in [-0.05, 0) is 39.8 Å². The standard InChI is InChI=1S/C11H28N2O2Si/c1-4-14-16(15-5-2)9-7-6-8-13-10-11(3)12/h11,13,16H,4-10,12H2,1-3H3. The summed E-state index contributed by atoms with van der Waals surface area (Å²) in [5, 5.41) is 3.33. The highest BCUT2D eigenvalue weighted by Crippen LogP contribution is 2.04. The Kier molecular flexibility index (Phi) is 11.6. The normalized spacial score (nSPS) is 13.3. The first-order valence-electron chi connectivity index (χ1n) is 6.40. The summed E-state index contributed by atoms with van der Waals surface area (Å²) in [5.41, 5.74) is 5.64. The van der Waals surface area contributed by atoms with Crippen molar-refractivity contribution in [2.45, 2.75) is 45.7 Å². The van der Waals surface area contributed by atoms with Crippen LogP contribution in [-0.2, 0) is 8.85 Å². The molecule has 0 saturated carbocycles. The molecule has 0 spiro atoms. The number of nitrogens with one attached hydrogen (secondary N) is 1. The number of hydrogen-bond acceptors (Lipinski definition) is 4. The lowest BCUT2D eigenvalue weighted by Crippen LogP contribution is -2.31. The minimum Gasteiger partial charge on any atom is -0.397 e. The Balaban J connectivity index is 3.32. The van der Waals surface area contributed by atoms with Crippen molar-refractivity contribution >= 4 is 9.28 Å². The van der Waals surface area contributed by atoms with E-state index in [2.05, 4.69) is 5.32 Å². The molecule has 5 heteroatoms. The van der Waals surface area contributed by atoms with Gasteiger partial charge in [0.15, 0.2) is 0 Å². The highest BCUT2D eigenvalue weighted by atomic mass is 28.3. The third kappa shape index (κ3) is 10.6. The SMILES string of the molecule is CCO[SiH](CCCCNCC(C)N)OCC. The van der Waals surface area contributed by atoms with E-state index < -0.39 is 9.28 Å². The zero-order chi connectivity index (χ0) is 12.2. The average Bonchev–Trinajstić information content (AvgIpc) is 2.23. The third-order valence-corrected chi connectivity index (χ3v) is 4.50. The summed E-state index contributed by atoms with van der Waals surface area (Å²) >= 11 is 0. The number of rotatable bonds is 11. The second-order valence-electron chi connectivity index (χ2n) is 4.02. The van der Waals surface area contributed by atoms with Crippen LogP contribution < -0.4 is 11.1 Å². The van der Waals surface area contributed by atoms with Crippen LogP contribution in [-0.4, -0.2) is 41.6 Å². The van der Waals surface area contributed by atoms with Crippen LogP contribution in [0.2, 0.25) is 6.04 Å². The lowest BCUT2D eigenvalue weighted by Gasteiger charge is -2.14. The van der Waals surface area contributed by atoms with E-state index >= 15 is 0 Å². The molecule has 0 aromatic carbocycles. The van der Waals surface area contributed by atoms with Gasteiger partial charge in [0.2, 0.25) is 0 Å². The smallest absolute Gasteiger partial charge is 0.321 e. The van der Waals surface area contributed by atoms with Crippen LogP contribution in [0, 0.1) is 0 Å². The Morgan fingerprint density at radius 3 is 2.31 bits per heavy atom. The lowest BCUT2D eigenvalue weighted by molar-refractivity contribution is 0.212. The van der Waals surface area contributed by atoms with Crippen LogP contribution in [0.3, 0.4) is 0 Å². The van der Waals surface area contributed by atoms with E-state index in [0.717, 1.165) is 32.3 Å². The highest BCUT2D eigenvalue weighted by molar-refractivity contribution is 6.44. The van der Waals surface area contributed by atoms with Crippen LogP contribution in [0.15, 0.2) is 0 Å². The molecule has 0 saturated heterocycles. The minimum atomic E-state index is -1.36. The van der Waals surface area contributed by atoms with E-state index in [0.29, 0.717) is 0 Å². The van der Waals surface area contributed by atoms with Crippen LogP contribution >= 0.6 is 0 Å². The second kappa shape index (κ2) is 11.5. The summed E-state index contributed by atoms with van der Waals surface area (Å²) in [7, 11) is -1.36. The molecular weight excluding hydrogens is 220 g/mol. The molecule has 0 fully saturated rings. The van der Waals surface area contributed by atoms with Crippen LogP contribution in [0.25, 0.3) is 0 Å². The van der Waals surface area contributed by atoms with Crippen molar-refractivity contribution in [1.29, 1.82) is 0 Å². The summed E-state index contributed by atoms with van der Waals surface area (Å²) in [4.78, 5) is 0. The Morgan fingerprint density at radius 2 is 1.81 bits per heavy atom. The fraction of sp³-hybridized carbons (Fsp3) is 1.00. The summed E-state index contributed by atoms with van der Waals surface area (Å²) in [6.07, 6.45) is 2.36. The predicted octanol–water partition coefficient (Wildman–Crippen LogP) is 0.997. The molecule has 16 heavy (non-hydrogen) atoms. The van der Waals surface area contributed by atoms with Gasteiger partial charge in [-0.3, -0.25) is 0 Å². The summed E-state index contributed by atoms with van der Waals surface area (Å²) in [6, 6.07) is 1.36. The summed E-state index contributed by atoms with van der Waals surface area (Å²) < 4.78 is 11.2. The first kappa shape index (κ1) is 16.1. The van der Waals surface area contributed by atoms with Gasteiger partial charge in [-0.25, -0.2) is 0 Å². The molecule has 0 heterocycles. The molecule has 4 nitrogen and oxygen atoms in total. The summed E-state index contributed by atoms with van der Waals surface area (Å²) in [5.74, 6) is 0. The maximum atomic E-state index is 5.64. The molecule has 98 valence electrons. The third-order valence-electron chi connectivity index (χ3n) is 2.21. The van der Waals surface area contributed by atoms with Crippen molar-refractivity contribution in [3.05, 3.63) is 0 Å². The number of unbranched alkanes of at least 4 members (excludes halogenated alkanes) is 1. The van der Waals surface area contributed by atoms with E-state index in [1.165, 1.54) is 12.8 Å². The van der Waals surface area contributed by atoms with Crippen molar-refractivity contribution < 1.29 is 8.85 Å². The van der Waals surface area contributed by atoms with Crippen LogP contribution in [0.5, 0.6) is 0 Å². The van der Waals surface area contributed by atoms with E-state index in [-0.39, 0.29) is 6.04 Å². The highest BCUT2D eigenvalue weighted by Gasteiger charge is 2.10. The fourth-order valence-electron chi connectivity index (χ4n) is 1.48. The van der Waals surface area contributed by atoms with Crippen molar-refractivity contribution in [1.82, 2.24) is 5.32 Å². The van der Waals surface area contributed by atoms with Gasteiger partial charge >= 0.3 is 9.28 Å². The Bertz CT molecular complexity index is 142. The zero-order valence-corrected chi connectivity index (χ0v) is 12.2. The van der Waals surface area contributed by atoms with Gasteiger partial charge < -0.3 is 19.9 Å². The first-order chi connectivity index (χ1) is 7.70. The molecule has 0 aliphatic heterocycles. The van der Waals surface area contributed by atoms with Gasteiger partial charge in [-0.15, -0.1) is 0 Å². The monoisotopic (exact) mass is 248 g/mol. The van der Waals surface area contributed by atoms with Gasteiger partial charge in [-0.2, -0.15) is 0 Å². The van der Waals surface area contributed by atoms with E-state index in [9.17, 15) is 0 Å². The van der Waals surface area contributed by atoms with Gasteiger partial charge in [0, 0.05) is 25.8 Å². The minimum absolute atomic E-state index is 0.244. The van der Waals surface area contributed by atoms with Crippen molar-refractivity contribution in [3.63, 3.8) is 0 Å². The molecule has 0 bridgehead atoms. The van der Waals surface area contributed by atoms with Gasteiger partial charge in [-0.1, -0.05) is 6.42 Å². The van der Waals surface area contributed by atoms with E-state index in [1.54, 1.807) is 0 Å². The second-order valence-corrected chi connectivity index (χ2v) is 6.12. The van der Waals surface area contributed by atoms with Gasteiger partial charge in [0.1, 0.15) is 0 Å². The molecule has 1 unspecified atom stereocenters. The van der Waals surface area contributed by atoms with E-state index in [1.807, 2.05) is 20.8 Å². The first-order valence-corrected chi connectivity index (χ1v) is 8.16. The topological polar surface area (TPSA) is 56.5 Å². The molecule has 0 aliphatic rings. The molecule has 0 amide bonds. The Hall–Kier alpha value is 0.0569. The van der Waals surface area contributed by atoms with E-state index in [4.69, 9.17) is 14.6 Å². The molecular formula is C11H28N2O2Si. The molecule has 0 aromatic heterocycles. The van der Waals surface area contributed by atoms with Crippen molar-refractivity contribution in [3.8, 4) is 0 Å². The van der Waals surface area contributed by atoms with Gasteiger partial charge in [0.05, 0.1) is 0 Å². The molecule has 0 aromatic rings. The number of nitrogens with two attached hydrogens (primary N) is 1. The summed E-state index contributed by atoms with van der Waals surface area (Å²) in [6.45, 7) is 9.57. The number of hydrogen-bond donors (Lipinski definition) is 2. The maximum absolute atomic E-state index is 5.64. The van der Waals surface area contributed by atoms with Crippen molar-refractivity contribution in [2.24, 2.45) is 5.73 Å². The molecule has 0 rings (SSSR count). The predicted molar refractivity (Wildman–Crippen MR) is 71.0 cm³/mol. The molecule has 1 atom stereocenters. The zero-order valence-electron chi connectivity index (χ0n) is 11.0. The molecule has 0 aliphatic carbocycles. The largest absolute Gasteiger partial charge is 0.397 e. The fourth-order valence-corrected chi connectivity index (χ4v) is 3.27. The molecule has 0 radical (unpaired) electrons. The Labute approximate surface area is 102 Å². The quantitative estimate of drug-likeness (QED) is 0.423. The average molecular weight is 248 g/mol. The lowest BCUT2D eigenvalue weighted by atomic mass is 10.3. The van der Waals surface area contributed by atoms with Crippen LogP contribution in [0.4, 0.5) is 0 Å². The van der Waals surface area contributed by atoms with Gasteiger partial charge in [0.25, 0.3) is 0 Å². The van der Waals surface area contributed by atoms with Crippen molar-refractivity contribution in [2.75, 3.05) is 26.3 Å². The Morgan fingerprint density at radius 1 is 1.19 bits per heavy atom. The molecule has 3 N–H and O–H groups in total. The maximum Gasteiger partial charge on any atom is 0.321 e.